The van der Waals surface area contributed by atoms with Crippen molar-refractivity contribution in [1.82, 2.24) is 0 Å². The van der Waals surface area contributed by atoms with E-state index in [0.717, 1.165) is 18.4 Å². The highest BCUT2D eigenvalue weighted by atomic mass is 14.7. The average molecular weight is 245 g/mol. The molecule has 0 amide bonds. The summed E-state index contributed by atoms with van der Waals surface area (Å²) in [5.74, 6) is 1.59. The van der Waals surface area contributed by atoms with Gasteiger partial charge in [-0.25, -0.2) is 0 Å². The fourth-order valence-corrected chi connectivity index (χ4v) is 3.49. The normalized spacial score (nSPS) is 25.7. The van der Waals surface area contributed by atoms with Gasteiger partial charge in [0, 0.05) is 0 Å². The van der Waals surface area contributed by atoms with Crippen molar-refractivity contribution in [3.05, 3.63) is 35.9 Å². The maximum Gasteiger partial charge on any atom is -0.00178 e. The lowest BCUT2D eigenvalue weighted by Gasteiger charge is -2.32. The van der Waals surface area contributed by atoms with Crippen molar-refractivity contribution in [3.8, 4) is 0 Å². The van der Waals surface area contributed by atoms with Crippen molar-refractivity contribution in [3.63, 3.8) is 0 Å². The summed E-state index contributed by atoms with van der Waals surface area (Å²) in [6.45, 7) is 5.46. The third-order valence-corrected chi connectivity index (χ3v) is 4.94. The van der Waals surface area contributed by atoms with E-state index in [9.17, 15) is 0 Å². The zero-order valence-corrected chi connectivity index (χ0v) is 11.9. The lowest BCUT2D eigenvalue weighted by atomic mass is 9.74. The van der Waals surface area contributed by atoms with Crippen molar-refractivity contribution >= 4 is 0 Å². The van der Waals surface area contributed by atoms with Gasteiger partial charge in [-0.05, 0) is 48.6 Å². The number of hydrogen-bond acceptors (Lipinski definition) is 1. The van der Waals surface area contributed by atoms with E-state index in [1.54, 1.807) is 0 Å². The van der Waals surface area contributed by atoms with Crippen LogP contribution in [0.5, 0.6) is 0 Å². The van der Waals surface area contributed by atoms with Crippen LogP contribution in [0.15, 0.2) is 30.3 Å². The Hall–Kier alpha value is -0.820. The summed E-state index contributed by atoms with van der Waals surface area (Å²) in [6.07, 6.45) is 6.49. The van der Waals surface area contributed by atoms with Gasteiger partial charge in [0.05, 0.1) is 0 Å². The van der Waals surface area contributed by atoms with Gasteiger partial charge < -0.3 is 5.73 Å². The second-order valence-corrected chi connectivity index (χ2v) is 5.88. The van der Waals surface area contributed by atoms with Crippen LogP contribution >= 0.6 is 0 Å². The molecule has 1 saturated carbocycles. The molecule has 1 heteroatoms. The van der Waals surface area contributed by atoms with E-state index in [-0.39, 0.29) is 0 Å². The van der Waals surface area contributed by atoms with Gasteiger partial charge in [-0.2, -0.15) is 0 Å². The molecule has 1 fully saturated rings. The lowest BCUT2D eigenvalue weighted by molar-refractivity contribution is 0.206. The SMILES string of the molecule is CCCCC(CC)(CN)C1CC1c1ccccc1. The van der Waals surface area contributed by atoms with Crippen LogP contribution in [-0.2, 0) is 0 Å². The summed E-state index contributed by atoms with van der Waals surface area (Å²) in [5, 5.41) is 0. The Morgan fingerprint density at radius 3 is 2.50 bits per heavy atom. The van der Waals surface area contributed by atoms with Crippen LogP contribution in [0.4, 0.5) is 0 Å². The largest absolute Gasteiger partial charge is 0.330 e. The van der Waals surface area contributed by atoms with E-state index in [1.807, 2.05) is 0 Å². The molecule has 0 spiro atoms. The highest BCUT2D eigenvalue weighted by Crippen LogP contribution is 2.59. The molecule has 1 aromatic rings. The highest BCUT2D eigenvalue weighted by Gasteiger charge is 2.50. The number of benzene rings is 1. The fourth-order valence-electron chi connectivity index (χ4n) is 3.49. The Morgan fingerprint density at radius 1 is 1.22 bits per heavy atom. The summed E-state index contributed by atoms with van der Waals surface area (Å²) in [4.78, 5) is 0. The van der Waals surface area contributed by atoms with Gasteiger partial charge in [0.2, 0.25) is 0 Å². The van der Waals surface area contributed by atoms with Crippen LogP contribution in [0.1, 0.15) is 57.4 Å². The number of rotatable bonds is 7. The molecular formula is C17H27N. The molecule has 0 heterocycles. The van der Waals surface area contributed by atoms with Gasteiger partial charge in [-0.3, -0.25) is 0 Å². The van der Waals surface area contributed by atoms with E-state index in [0.29, 0.717) is 5.41 Å². The maximum atomic E-state index is 6.14. The maximum absolute atomic E-state index is 6.14. The van der Waals surface area contributed by atoms with E-state index in [2.05, 4.69) is 44.2 Å². The Bertz CT molecular complexity index is 353. The second kappa shape index (κ2) is 5.88. The third-order valence-electron chi connectivity index (χ3n) is 4.94. The van der Waals surface area contributed by atoms with Crippen LogP contribution in [0.3, 0.4) is 0 Å². The summed E-state index contributed by atoms with van der Waals surface area (Å²) < 4.78 is 0. The van der Waals surface area contributed by atoms with E-state index >= 15 is 0 Å². The molecule has 1 aliphatic rings. The molecule has 0 aromatic heterocycles. The molecule has 2 N–H and O–H groups in total. The molecule has 100 valence electrons. The predicted octanol–water partition coefficient (Wildman–Crippen LogP) is 4.34. The van der Waals surface area contributed by atoms with Gasteiger partial charge in [-0.1, -0.05) is 57.0 Å². The Morgan fingerprint density at radius 2 is 1.94 bits per heavy atom. The molecular weight excluding hydrogens is 218 g/mol. The monoisotopic (exact) mass is 245 g/mol. The molecule has 2 rings (SSSR count). The van der Waals surface area contributed by atoms with Gasteiger partial charge in [0.15, 0.2) is 0 Å². The molecule has 0 bridgehead atoms. The molecule has 1 aliphatic carbocycles. The zero-order chi connectivity index (χ0) is 13.0. The molecule has 1 nitrogen and oxygen atoms in total. The minimum Gasteiger partial charge on any atom is -0.330 e. The Kier molecular flexibility index (Phi) is 4.45. The molecule has 3 atom stereocenters. The van der Waals surface area contributed by atoms with Crippen molar-refractivity contribution < 1.29 is 0 Å². The zero-order valence-electron chi connectivity index (χ0n) is 11.9. The Balaban J connectivity index is 2.06. The van der Waals surface area contributed by atoms with Crippen LogP contribution in [-0.4, -0.2) is 6.54 Å². The molecule has 0 aliphatic heterocycles. The Labute approximate surface area is 112 Å². The first-order chi connectivity index (χ1) is 8.77. The smallest absolute Gasteiger partial charge is 0.00178 e. The first kappa shape index (κ1) is 13.6. The van der Waals surface area contributed by atoms with Crippen LogP contribution in [0.2, 0.25) is 0 Å². The molecule has 0 radical (unpaired) electrons. The number of hydrogen-bond donors (Lipinski definition) is 1. The average Bonchev–Trinajstić information content (AvgIpc) is 3.23. The van der Waals surface area contributed by atoms with Gasteiger partial charge in [-0.15, -0.1) is 0 Å². The van der Waals surface area contributed by atoms with Gasteiger partial charge in [0.25, 0.3) is 0 Å². The van der Waals surface area contributed by atoms with Gasteiger partial charge >= 0.3 is 0 Å². The minimum atomic E-state index is 0.399. The van der Waals surface area contributed by atoms with Crippen molar-refractivity contribution in [2.45, 2.75) is 51.9 Å². The number of nitrogens with two attached hydrogens (primary N) is 1. The second-order valence-electron chi connectivity index (χ2n) is 5.88. The summed E-state index contributed by atoms with van der Waals surface area (Å²) >= 11 is 0. The topological polar surface area (TPSA) is 26.0 Å². The molecule has 1 aromatic carbocycles. The molecule has 18 heavy (non-hydrogen) atoms. The summed E-state index contributed by atoms with van der Waals surface area (Å²) in [6, 6.07) is 11.0. The van der Waals surface area contributed by atoms with Crippen molar-refractivity contribution in [2.24, 2.45) is 17.1 Å². The van der Waals surface area contributed by atoms with Crippen molar-refractivity contribution in [1.29, 1.82) is 0 Å². The summed E-state index contributed by atoms with van der Waals surface area (Å²) in [7, 11) is 0. The molecule has 3 unspecified atom stereocenters. The predicted molar refractivity (Wildman–Crippen MR) is 78.6 cm³/mol. The summed E-state index contributed by atoms with van der Waals surface area (Å²) in [5.41, 5.74) is 8.06. The van der Waals surface area contributed by atoms with Crippen LogP contribution in [0, 0.1) is 11.3 Å². The number of unbranched alkanes of at least 4 members (excludes halogenated alkanes) is 1. The van der Waals surface area contributed by atoms with E-state index < -0.39 is 0 Å². The van der Waals surface area contributed by atoms with E-state index in [1.165, 1.54) is 37.7 Å². The highest BCUT2D eigenvalue weighted by molar-refractivity contribution is 5.27. The van der Waals surface area contributed by atoms with Crippen LogP contribution in [0.25, 0.3) is 0 Å². The van der Waals surface area contributed by atoms with Gasteiger partial charge in [0.1, 0.15) is 0 Å². The molecule has 0 saturated heterocycles. The van der Waals surface area contributed by atoms with Crippen molar-refractivity contribution in [2.75, 3.05) is 6.54 Å². The standard InChI is InChI=1S/C17H27N/c1-3-5-11-17(4-2,13-18)16-12-15(16)14-9-7-6-8-10-14/h6-10,15-16H,3-5,11-13,18H2,1-2H3. The quantitative estimate of drug-likeness (QED) is 0.760. The third kappa shape index (κ3) is 2.61. The lowest BCUT2D eigenvalue weighted by Crippen LogP contribution is -2.32. The van der Waals surface area contributed by atoms with E-state index in [4.69, 9.17) is 5.73 Å². The minimum absolute atomic E-state index is 0.399. The first-order valence-electron chi connectivity index (χ1n) is 7.52. The fraction of sp³-hybridized carbons (Fsp3) is 0.647. The van der Waals surface area contributed by atoms with Crippen LogP contribution < -0.4 is 5.73 Å². The first-order valence-corrected chi connectivity index (χ1v) is 7.52.